The zero-order chi connectivity index (χ0) is 64.4. The molecule has 6 N–H and O–H groups in total. The van der Waals surface area contributed by atoms with E-state index in [4.69, 9.17) is 57.3 Å². The minimum atomic E-state index is -1.02. The van der Waals surface area contributed by atoms with Gasteiger partial charge in [0.2, 0.25) is 0 Å². The largest absolute Gasteiger partial charge is 0.504 e. The summed E-state index contributed by atoms with van der Waals surface area (Å²) in [5, 5.41) is 56.8. The molecule has 22 heteroatoms. The number of carbonyl (C=O) groups excluding carboxylic acids is 5. The molecule has 0 amide bonds. The van der Waals surface area contributed by atoms with E-state index >= 15 is 0 Å². The molecule has 0 aliphatic carbocycles. The Morgan fingerprint density at radius 1 is 0.506 bits per heavy atom. The molecule has 0 saturated carbocycles. The molecular formula is C65H68O22. The molecule has 6 aromatic rings. The fraction of sp³-hybridized carbons (Fsp3) is 0.215. The number of benzene rings is 6. The van der Waals surface area contributed by atoms with Crippen molar-refractivity contribution in [2.24, 2.45) is 0 Å². The lowest BCUT2D eigenvalue weighted by Crippen LogP contribution is -2.09. The summed E-state index contributed by atoms with van der Waals surface area (Å²) < 4.78 is 51.3. The predicted molar refractivity (Wildman–Crippen MR) is 321 cm³/mol. The highest BCUT2D eigenvalue weighted by Gasteiger charge is 2.37. The summed E-state index contributed by atoms with van der Waals surface area (Å²) in [4.78, 5) is 59.4. The van der Waals surface area contributed by atoms with Crippen molar-refractivity contribution in [3.05, 3.63) is 166 Å². The van der Waals surface area contributed by atoms with E-state index in [1.54, 1.807) is 112 Å². The van der Waals surface area contributed by atoms with E-state index in [1.165, 1.54) is 78.2 Å². The van der Waals surface area contributed by atoms with Gasteiger partial charge in [-0.15, -0.1) is 0 Å². The second kappa shape index (κ2) is 37.2. The van der Waals surface area contributed by atoms with Crippen LogP contribution in [-0.2, 0) is 43.0 Å². The number of phenols is 5. The number of carboxylic acids is 1. The van der Waals surface area contributed by atoms with E-state index in [1.807, 2.05) is 18.2 Å². The maximum atomic E-state index is 11.7. The smallest absolute Gasteiger partial charge is 0.373 e. The Kier molecular flexibility index (Phi) is 30.0. The molecule has 1 aliphatic heterocycles. The van der Waals surface area contributed by atoms with Crippen molar-refractivity contribution < 1.29 is 107 Å². The number of esters is 2. The molecule has 7 rings (SSSR count). The van der Waals surface area contributed by atoms with Crippen LogP contribution < -0.4 is 33.2 Å². The molecule has 87 heavy (non-hydrogen) atoms. The van der Waals surface area contributed by atoms with Crippen LogP contribution in [0.4, 0.5) is 0 Å². The van der Waals surface area contributed by atoms with Crippen LogP contribution in [0.15, 0.2) is 122 Å². The first-order valence-electron chi connectivity index (χ1n) is 26.1. The first kappa shape index (κ1) is 70.1. The highest BCUT2D eigenvalue weighted by molar-refractivity contribution is 5.88. The van der Waals surface area contributed by atoms with Crippen LogP contribution in [0.3, 0.4) is 0 Å². The lowest BCUT2D eigenvalue weighted by Gasteiger charge is -2.19. The van der Waals surface area contributed by atoms with Crippen LogP contribution in [0.5, 0.6) is 69.0 Å². The number of ether oxygens (including phenoxy) is 10. The summed E-state index contributed by atoms with van der Waals surface area (Å²) in [6, 6.07) is 26.7. The monoisotopic (exact) mass is 1200 g/mol. The molecule has 0 saturated heterocycles. The quantitative estimate of drug-likeness (QED) is 0.00974. The molecule has 2 unspecified atom stereocenters. The third-order valence-corrected chi connectivity index (χ3v) is 11.9. The molecule has 1 heterocycles. The van der Waals surface area contributed by atoms with E-state index in [0.29, 0.717) is 70.9 Å². The number of aliphatic carboxylic acids is 1. The Balaban J connectivity index is 0.000000310. The van der Waals surface area contributed by atoms with E-state index in [2.05, 4.69) is 11.7 Å². The fourth-order valence-corrected chi connectivity index (χ4v) is 7.91. The number of methoxy groups -OCH3 is 6. The maximum Gasteiger partial charge on any atom is 0.373 e. The molecule has 6 aromatic carbocycles. The molecule has 0 spiro atoms. The van der Waals surface area contributed by atoms with Gasteiger partial charge in [-0.05, 0) is 151 Å². The summed E-state index contributed by atoms with van der Waals surface area (Å²) >= 11 is 0. The summed E-state index contributed by atoms with van der Waals surface area (Å²) in [5.41, 5.74) is 6.14. The highest BCUT2D eigenvalue weighted by atomic mass is 16.5. The topological polar surface area (TPSA) is 316 Å². The van der Waals surface area contributed by atoms with Gasteiger partial charge in [0.05, 0.1) is 62.1 Å². The number of hydrogen-bond acceptors (Lipinski definition) is 21. The zero-order valence-electron chi connectivity index (χ0n) is 49.1. The Morgan fingerprint density at radius 3 is 1.37 bits per heavy atom. The van der Waals surface area contributed by atoms with Crippen molar-refractivity contribution in [1.82, 2.24) is 0 Å². The number of fused-ring (bicyclic) bond motifs is 1. The minimum Gasteiger partial charge on any atom is -0.504 e. The van der Waals surface area contributed by atoms with Gasteiger partial charge in [0, 0.05) is 35.3 Å². The van der Waals surface area contributed by atoms with E-state index in [0.717, 1.165) is 40.3 Å². The van der Waals surface area contributed by atoms with E-state index < -0.39 is 11.9 Å². The molecule has 1 aliphatic rings. The summed E-state index contributed by atoms with van der Waals surface area (Å²) in [7, 11) is 8.92. The molecule has 22 nitrogen and oxygen atoms in total. The van der Waals surface area contributed by atoms with Crippen molar-refractivity contribution in [1.29, 1.82) is 0 Å². The van der Waals surface area contributed by atoms with Gasteiger partial charge in [0.25, 0.3) is 6.47 Å². The maximum absolute atomic E-state index is 11.7. The number of carboxylic acid groups (broad SMARTS) is 1. The van der Waals surface area contributed by atoms with Gasteiger partial charge in [-0.3, -0.25) is 4.79 Å². The zero-order valence-corrected chi connectivity index (χ0v) is 49.1. The van der Waals surface area contributed by atoms with Crippen LogP contribution >= 0.6 is 0 Å². The van der Waals surface area contributed by atoms with Crippen LogP contribution in [0.25, 0.3) is 36.5 Å². The predicted octanol–water partition coefficient (Wildman–Crippen LogP) is 10.9. The van der Waals surface area contributed by atoms with Crippen LogP contribution in [0.1, 0.15) is 83.7 Å². The molecule has 0 fully saturated rings. The SMILES string of the molecule is CCOC(=O)/C=C/c1cc(OC)c2c(c1)C(CC)C(c1ccc(O)c(OC)c1)O2.CCOC(=O)/C=C/c1ccc(O)c(OC)c1.COc1cc(/C=C/C(=O)O)ccc1O.COc1cc(/C=C/c2cc(/C=C/OC=O)cc(OC)c2O)ccc1O.O=C=O. The van der Waals surface area contributed by atoms with Crippen molar-refractivity contribution in [3.8, 4) is 69.0 Å². The van der Waals surface area contributed by atoms with E-state index in [9.17, 15) is 44.7 Å². The number of carbonyl (C=O) groups is 4. The number of rotatable bonds is 21. The van der Waals surface area contributed by atoms with Crippen molar-refractivity contribution in [2.75, 3.05) is 55.9 Å². The standard InChI is InChI=1S/C23H26O6.C19H18O6.C12H14O4.C10H10O4.CO2/c1-5-16-17-11-14(7-10-21(25)28-6-2)12-20(27-4)23(17)29-22(16)15-8-9-18(24)19(13-15)26-3;1-23-17-10-13(4-6-16(17)21)3-5-15-9-14(7-8-25-12-20)11-18(24-2)19(15)22;1-3-16-12(14)7-5-9-4-6-10(13)11(8-9)15-2;1-14-9-6-7(2-4-8(9)11)3-5-10(12)13;2-1-3/h7-13,16,22,24H,5-6H2,1-4H3;3-12,21-22H,1-2H3;4-8,13H,3H2,1-2H3;2-6,11H,1H3,(H,12,13);/b10-7+;5-3+,8-7+;7-5+;5-3+;. The van der Waals surface area contributed by atoms with Gasteiger partial charge in [0.15, 0.2) is 69.0 Å². The van der Waals surface area contributed by atoms with Crippen molar-refractivity contribution in [3.63, 3.8) is 0 Å². The first-order chi connectivity index (χ1) is 41.8. The van der Waals surface area contributed by atoms with Crippen LogP contribution in [-0.4, -0.2) is 117 Å². The number of phenolic OH excluding ortho intramolecular Hbond substituents is 5. The van der Waals surface area contributed by atoms with Crippen LogP contribution in [0.2, 0.25) is 0 Å². The van der Waals surface area contributed by atoms with Gasteiger partial charge in [-0.1, -0.05) is 43.3 Å². The Bertz CT molecular complexity index is 3440. The highest BCUT2D eigenvalue weighted by Crippen LogP contribution is 2.53. The lowest BCUT2D eigenvalue weighted by atomic mass is 9.88. The minimum absolute atomic E-state index is 0.0158. The molecule has 0 radical (unpaired) electrons. The number of aromatic hydroxyl groups is 5. The van der Waals surface area contributed by atoms with Crippen molar-refractivity contribution in [2.45, 2.75) is 39.2 Å². The average Bonchev–Trinajstić information content (AvgIpc) is 2.60. The number of hydrogen-bond donors (Lipinski definition) is 6. The Hall–Kier alpha value is -11.1. The normalized spacial score (nSPS) is 12.7. The third-order valence-electron chi connectivity index (χ3n) is 11.9. The molecule has 0 bridgehead atoms. The van der Waals surface area contributed by atoms with Gasteiger partial charge < -0.3 is 78.0 Å². The van der Waals surface area contributed by atoms with Gasteiger partial charge in [0.1, 0.15) is 6.10 Å². The molecule has 0 aromatic heterocycles. The van der Waals surface area contributed by atoms with Crippen LogP contribution in [0, 0.1) is 0 Å². The fourth-order valence-electron chi connectivity index (χ4n) is 7.91. The lowest BCUT2D eigenvalue weighted by molar-refractivity contribution is -0.191. The third kappa shape index (κ3) is 22.2. The van der Waals surface area contributed by atoms with Gasteiger partial charge in [-0.25, -0.2) is 14.4 Å². The second-order valence-corrected chi connectivity index (χ2v) is 17.4. The molecular weight excluding hydrogens is 1130 g/mol. The second-order valence-electron chi connectivity index (χ2n) is 17.4. The Morgan fingerprint density at radius 2 is 0.920 bits per heavy atom. The van der Waals surface area contributed by atoms with Gasteiger partial charge >= 0.3 is 24.1 Å². The summed E-state index contributed by atoms with van der Waals surface area (Å²) in [6.07, 6.45) is 15.6. The summed E-state index contributed by atoms with van der Waals surface area (Å²) in [6.45, 7) is 6.61. The Labute approximate surface area is 502 Å². The van der Waals surface area contributed by atoms with Gasteiger partial charge in [-0.2, -0.15) is 9.59 Å². The van der Waals surface area contributed by atoms with E-state index in [-0.39, 0.29) is 58.6 Å². The molecule has 2 atom stereocenters. The average molecular weight is 1200 g/mol. The summed E-state index contributed by atoms with van der Waals surface area (Å²) in [5.74, 6) is 1.54. The first-order valence-corrected chi connectivity index (χ1v) is 26.1. The molecule has 460 valence electrons. The van der Waals surface area contributed by atoms with Crippen molar-refractivity contribution >= 4 is 67.0 Å².